The smallest absolute Gasteiger partial charge is 0.161 e. The first-order chi connectivity index (χ1) is 15.2. The second kappa shape index (κ2) is 9.95. The highest BCUT2D eigenvalue weighted by Crippen LogP contribution is 2.35. The maximum absolute atomic E-state index is 13.2. The van der Waals surface area contributed by atoms with E-state index in [1.807, 2.05) is 19.1 Å². The summed E-state index contributed by atoms with van der Waals surface area (Å²) in [6, 6.07) is 10.8. The number of benzene rings is 2. The molecule has 3 rings (SSSR count). The van der Waals surface area contributed by atoms with Crippen LogP contribution in [0.25, 0.3) is 11.4 Å². The molecule has 9 heteroatoms. The molecule has 170 valence electrons. The van der Waals surface area contributed by atoms with Gasteiger partial charge in [0.15, 0.2) is 23.1 Å². The Labute approximate surface area is 187 Å². The lowest BCUT2D eigenvalue weighted by Crippen LogP contribution is -2.17. The SMILES string of the molecule is CCOc1cc([C@H](Cc2cccc(-c3ncc(F)cn3)c2N)CS(C)(=O)=O)ccc1OC. The van der Waals surface area contributed by atoms with Crippen LogP contribution in [0.1, 0.15) is 24.0 Å². The summed E-state index contributed by atoms with van der Waals surface area (Å²) >= 11 is 0. The topological polar surface area (TPSA) is 104 Å². The van der Waals surface area contributed by atoms with Gasteiger partial charge in [0.05, 0.1) is 31.9 Å². The molecule has 0 bridgehead atoms. The van der Waals surface area contributed by atoms with Crippen molar-refractivity contribution in [2.24, 2.45) is 0 Å². The molecule has 0 fully saturated rings. The molecule has 7 nitrogen and oxygen atoms in total. The molecule has 0 spiro atoms. The first kappa shape index (κ1) is 23.5. The number of nitrogen functional groups attached to an aromatic ring is 1. The molecule has 0 saturated heterocycles. The van der Waals surface area contributed by atoms with Crippen LogP contribution in [0.15, 0.2) is 48.8 Å². The van der Waals surface area contributed by atoms with E-state index in [9.17, 15) is 12.8 Å². The highest BCUT2D eigenvalue weighted by molar-refractivity contribution is 7.90. The van der Waals surface area contributed by atoms with Crippen molar-refractivity contribution in [1.29, 1.82) is 0 Å². The molecule has 1 heterocycles. The molecule has 0 aliphatic rings. The fraction of sp³-hybridized carbons (Fsp3) is 0.304. The Bertz CT molecular complexity index is 1180. The molecule has 3 aromatic rings. The molecule has 0 aliphatic carbocycles. The number of rotatable bonds is 9. The summed E-state index contributed by atoms with van der Waals surface area (Å²) in [5.41, 5.74) is 8.93. The number of sulfone groups is 1. The Balaban J connectivity index is 2.01. The van der Waals surface area contributed by atoms with Crippen LogP contribution in [-0.4, -0.2) is 44.1 Å². The van der Waals surface area contributed by atoms with E-state index in [1.165, 1.54) is 6.26 Å². The van der Waals surface area contributed by atoms with Gasteiger partial charge in [0.2, 0.25) is 0 Å². The van der Waals surface area contributed by atoms with Crippen molar-refractivity contribution in [1.82, 2.24) is 9.97 Å². The van der Waals surface area contributed by atoms with Crippen LogP contribution in [0.3, 0.4) is 0 Å². The van der Waals surface area contributed by atoms with Crippen LogP contribution in [-0.2, 0) is 16.3 Å². The minimum Gasteiger partial charge on any atom is -0.493 e. The zero-order valence-corrected chi connectivity index (χ0v) is 19.0. The predicted octanol–water partition coefficient (Wildman–Crippen LogP) is 3.64. The average Bonchev–Trinajstić information content (AvgIpc) is 2.75. The highest BCUT2D eigenvalue weighted by Gasteiger charge is 2.22. The van der Waals surface area contributed by atoms with Crippen LogP contribution in [0, 0.1) is 5.82 Å². The molecular weight excluding hydrogens is 433 g/mol. The third kappa shape index (κ3) is 5.73. The summed E-state index contributed by atoms with van der Waals surface area (Å²) in [6.45, 7) is 2.31. The largest absolute Gasteiger partial charge is 0.493 e. The Morgan fingerprint density at radius 3 is 2.47 bits per heavy atom. The Kier molecular flexibility index (Phi) is 7.29. The predicted molar refractivity (Wildman–Crippen MR) is 122 cm³/mol. The van der Waals surface area contributed by atoms with E-state index in [4.69, 9.17) is 15.2 Å². The van der Waals surface area contributed by atoms with Crippen molar-refractivity contribution in [3.8, 4) is 22.9 Å². The van der Waals surface area contributed by atoms with Gasteiger partial charge in [0, 0.05) is 23.4 Å². The number of hydrogen-bond acceptors (Lipinski definition) is 7. The average molecular weight is 460 g/mol. The molecule has 1 aromatic heterocycles. The van der Waals surface area contributed by atoms with Crippen molar-refractivity contribution >= 4 is 15.5 Å². The van der Waals surface area contributed by atoms with Crippen molar-refractivity contribution < 1.29 is 22.3 Å². The summed E-state index contributed by atoms with van der Waals surface area (Å²) in [5, 5.41) is 0. The molecule has 32 heavy (non-hydrogen) atoms. The first-order valence-electron chi connectivity index (χ1n) is 10.1. The number of hydrogen-bond donors (Lipinski definition) is 1. The van der Waals surface area contributed by atoms with E-state index < -0.39 is 15.7 Å². The maximum atomic E-state index is 13.2. The van der Waals surface area contributed by atoms with Gasteiger partial charge >= 0.3 is 0 Å². The van der Waals surface area contributed by atoms with Gasteiger partial charge in [-0.1, -0.05) is 18.2 Å². The standard InChI is InChI=1S/C23H26FN3O4S/c1-4-31-21-11-15(8-9-20(21)30-2)17(14-32(3,28)29)10-16-6-5-7-19(22(16)25)23-26-12-18(24)13-27-23/h5-9,11-13,17H,4,10,14,25H2,1-3H3/t17-/m1/s1. The molecule has 1 atom stereocenters. The molecule has 0 unspecified atom stereocenters. The number of anilines is 1. The van der Waals surface area contributed by atoms with E-state index in [1.54, 1.807) is 31.4 Å². The maximum Gasteiger partial charge on any atom is 0.161 e. The van der Waals surface area contributed by atoms with E-state index in [0.717, 1.165) is 23.5 Å². The van der Waals surface area contributed by atoms with E-state index in [0.29, 0.717) is 41.6 Å². The Hall–Kier alpha value is -3.20. The van der Waals surface area contributed by atoms with E-state index >= 15 is 0 Å². The van der Waals surface area contributed by atoms with Crippen molar-refractivity contribution in [2.75, 3.05) is 31.5 Å². The molecule has 0 saturated carbocycles. The third-order valence-corrected chi connectivity index (χ3v) is 5.99. The van der Waals surface area contributed by atoms with Crippen LogP contribution in [0.4, 0.5) is 10.1 Å². The summed E-state index contributed by atoms with van der Waals surface area (Å²) in [5.74, 6) is 0.439. The number of para-hydroxylation sites is 1. The molecule has 2 N–H and O–H groups in total. The van der Waals surface area contributed by atoms with Gasteiger partial charge in [-0.3, -0.25) is 0 Å². The molecule has 0 aliphatic heterocycles. The molecule has 2 aromatic carbocycles. The van der Waals surface area contributed by atoms with Crippen molar-refractivity contribution in [2.45, 2.75) is 19.3 Å². The van der Waals surface area contributed by atoms with Gasteiger partial charge in [0.1, 0.15) is 9.84 Å². The highest BCUT2D eigenvalue weighted by atomic mass is 32.2. The number of halogens is 1. The zero-order valence-electron chi connectivity index (χ0n) is 18.2. The summed E-state index contributed by atoms with van der Waals surface area (Å²) in [6.07, 6.45) is 3.73. The number of aromatic nitrogens is 2. The van der Waals surface area contributed by atoms with Crippen LogP contribution >= 0.6 is 0 Å². The van der Waals surface area contributed by atoms with Gasteiger partial charge in [-0.15, -0.1) is 0 Å². The number of nitrogens with two attached hydrogens (primary N) is 1. The van der Waals surface area contributed by atoms with E-state index in [2.05, 4.69) is 9.97 Å². The Morgan fingerprint density at radius 1 is 1.12 bits per heavy atom. The first-order valence-corrected chi connectivity index (χ1v) is 12.1. The van der Waals surface area contributed by atoms with Crippen LogP contribution in [0.2, 0.25) is 0 Å². The van der Waals surface area contributed by atoms with Crippen molar-refractivity contribution in [3.05, 3.63) is 65.7 Å². The molecule has 0 radical (unpaired) electrons. The zero-order chi connectivity index (χ0) is 23.3. The fourth-order valence-electron chi connectivity index (χ4n) is 3.56. The quantitative estimate of drug-likeness (QED) is 0.487. The minimum atomic E-state index is -3.29. The van der Waals surface area contributed by atoms with Crippen LogP contribution in [0.5, 0.6) is 11.5 Å². The number of methoxy groups -OCH3 is 1. The summed E-state index contributed by atoms with van der Waals surface area (Å²) in [7, 11) is -1.74. The molecule has 0 amide bonds. The number of nitrogens with zero attached hydrogens (tertiary/aromatic N) is 2. The van der Waals surface area contributed by atoms with Gasteiger partial charge in [-0.25, -0.2) is 22.8 Å². The summed E-state index contributed by atoms with van der Waals surface area (Å²) in [4.78, 5) is 8.01. The lowest BCUT2D eigenvalue weighted by atomic mass is 9.91. The Morgan fingerprint density at radius 2 is 1.84 bits per heavy atom. The summed E-state index contributed by atoms with van der Waals surface area (Å²) < 4.78 is 48.6. The lowest BCUT2D eigenvalue weighted by Gasteiger charge is -2.20. The van der Waals surface area contributed by atoms with Crippen LogP contribution < -0.4 is 15.2 Å². The van der Waals surface area contributed by atoms with Crippen molar-refractivity contribution in [3.63, 3.8) is 0 Å². The van der Waals surface area contributed by atoms with E-state index in [-0.39, 0.29) is 11.7 Å². The van der Waals surface area contributed by atoms with Gasteiger partial charge in [-0.05, 0) is 42.7 Å². The third-order valence-electron chi connectivity index (χ3n) is 4.99. The monoisotopic (exact) mass is 459 g/mol. The lowest BCUT2D eigenvalue weighted by molar-refractivity contribution is 0.310. The minimum absolute atomic E-state index is 0.0678. The number of ether oxygens (including phenoxy) is 2. The van der Waals surface area contributed by atoms with Gasteiger partial charge in [-0.2, -0.15) is 0 Å². The molecular formula is C23H26FN3O4S. The second-order valence-electron chi connectivity index (χ2n) is 7.44. The van der Waals surface area contributed by atoms with Gasteiger partial charge in [0.25, 0.3) is 0 Å². The normalized spacial score (nSPS) is 12.4. The fourth-order valence-corrected chi connectivity index (χ4v) is 4.60. The second-order valence-corrected chi connectivity index (χ2v) is 9.62. The van der Waals surface area contributed by atoms with Gasteiger partial charge < -0.3 is 15.2 Å².